The maximum atomic E-state index is 13.2. The standard InChI is InChI=1S/C31H26FN3O4S/c1-39-26-9-5-6-21(18-26)19-28(35-30(37)22-7-3-2-4-8-22)31(38)34-25-14-16-27(17-15-25)40-20-29(36)33-24-12-10-23(32)11-13-24/h2-19H,20H2,1H3,(H,33,36)(H,34,38)(H,35,37)/b28-19-. The van der Waals surface area contributed by atoms with E-state index in [1.54, 1.807) is 92.0 Å². The minimum absolute atomic E-state index is 0.0537. The molecular formula is C31H26FN3O4S. The van der Waals surface area contributed by atoms with E-state index in [4.69, 9.17) is 4.74 Å². The Kier molecular flexibility index (Phi) is 9.68. The molecule has 0 fully saturated rings. The van der Waals surface area contributed by atoms with Crippen molar-refractivity contribution < 1.29 is 23.5 Å². The van der Waals surface area contributed by atoms with Crippen LogP contribution >= 0.6 is 11.8 Å². The van der Waals surface area contributed by atoms with E-state index in [1.165, 1.54) is 36.0 Å². The molecule has 0 aliphatic carbocycles. The van der Waals surface area contributed by atoms with E-state index in [0.29, 0.717) is 28.3 Å². The summed E-state index contributed by atoms with van der Waals surface area (Å²) in [5.74, 6) is -0.761. The number of methoxy groups -OCH3 is 1. The molecule has 0 aliphatic heterocycles. The molecule has 0 aliphatic rings. The van der Waals surface area contributed by atoms with Crippen molar-refractivity contribution >= 4 is 46.9 Å². The molecule has 0 radical (unpaired) electrons. The summed E-state index contributed by atoms with van der Waals surface area (Å²) in [6.45, 7) is 0. The average molecular weight is 556 g/mol. The number of halogens is 1. The van der Waals surface area contributed by atoms with Crippen LogP contribution < -0.4 is 20.7 Å². The number of rotatable bonds is 10. The van der Waals surface area contributed by atoms with Crippen LogP contribution in [-0.2, 0) is 9.59 Å². The first-order chi connectivity index (χ1) is 19.4. The van der Waals surface area contributed by atoms with Gasteiger partial charge >= 0.3 is 0 Å². The Morgan fingerprint density at radius 3 is 2.20 bits per heavy atom. The summed E-state index contributed by atoms with van der Waals surface area (Å²) in [4.78, 5) is 39.1. The number of carbonyl (C=O) groups is 3. The highest BCUT2D eigenvalue weighted by molar-refractivity contribution is 8.00. The smallest absolute Gasteiger partial charge is 0.272 e. The van der Waals surface area contributed by atoms with E-state index in [2.05, 4.69) is 16.0 Å². The molecule has 4 rings (SSSR count). The van der Waals surface area contributed by atoms with Crippen LogP contribution in [-0.4, -0.2) is 30.6 Å². The van der Waals surface area contributed by atoms with Gasteiger partial charge in [-0.2, -0.15) is 0 Å². The van der Waals surface area contributed by atoms with Gasteiger partial charge in [0.25, 0.3) is 11.8 Å². The second kappa shape index (κ2) is 13.8. The number of benzene rings is 4. The minimum Gasteiger partial charge on any atom is -0.497 e. The van der Waals surface area contributed by atoms with Gasteiger partial charge in [-0.1, -0.05) is 30.3 Å². The topological polar surface area (TPSA) is 96.5 Å². The van der Waals surface area contributed by atoms with Crippen LogP contribution in [0.3, 0.4) is 0 Å². The number of thioether (sulfide) groups is 1. The van der Waals surface area contributed by atoms with E-state index in [1.807, 2.05) is 0 Å². The molecule has 0 unspecified atom stereocenters. The number of ether oxygens (including phenoxy) is 1. The Morgan fingerprint density at radius 2 is 1.50 bits per heavy atom. The van der Waals surface area contributed by atoms with Crippen molar-refractivity contribution in [2.75, 3.05) is 23.5 Å². The summed E-state index contributed by atoms with van der Waals surface area (Å²) in [5, 5.41) is 8.22. The van der Waals surface area contributed by atoms with Gasteiger partial charge in [0.2, 0.25) is 5.91 Å². The summed E-state index contributed by atoms with van der Waals surface area (Å²) in [6, 6.07) is 28.2. The first kappa shape index (κ1) is 28.1. The maximum absolute atomic E-state index is 13.2. The Morgan fingerprint density at radius 1 is 0.825 bits per heavy atom. The number of nitrogens with one attached hydrogen (secondary N) is 3. The highest BCUT2D eigenvalue weighted by Crippen LogP contribution is 2.22. The van der Waals surface area contributed by atoms with Crippen LogP contribution in [0, 0.1) is 5.82 Å². The third-order valence-corrected chi connectivity index (χ3v) is 6.56. The predicted molar refractivity (Wildman–Crippen MR) is 156 cm³/mol. The van der Waals surface area contributed by atoms with Crippen molar-refractivity contribution in [3.63, 3.8) is 0 Å². The van der Waals surface area contributed by atoms with Gasteiger partial charge in [-0.15, -0.1) is 11.8 Å². The fourth-order valence-corrected chi connectivity index (χ4v) is 4.25. The van der Waals surface area contributed by atoms with E-state index in [-0.39, 0.29) is 23.2 Å². The van der Waals surface area contributed by atoms with Gasteiger partial charge in [0.05, 0.1) is 12.9 Å². The second-order valence-electron chi connectivity index (χ2n) is 8.48. The Balaban J connectivity index is 1.41. The number of anilines is 2. The van der Waals surface area contributed by atoms with Gasteiger partial charge in [-0.3, -0.25) is 14.4 Å². The van der Waals surface area contributed by atoms with Gasteiger partial charge in [-0.05, 0) is 84.4 Å². The van der Waals surface area contributed by atoms with Crippen molar-refractivity contribution in [1.29, 1.82) is 0 Å². The summed E-state index contributed by atoms with van der Waals surface area (Å²) >= 11 is 1.32. The number of carbonyl (C=O) groups excluding carboxylic acids is 3. The Labute approximate surface area is 235 Å². The summed E-state index contributed by atoms with van der Waals surface area (Å²) in [5.41, 5.74) is 2.16. The first-order valence-corrected chi connectivity index (χ1v) is 13.2. The van der Waals surface area contributed by atoms with Crippen molar-refractivity contribution in [2.45, 2.75) is 4.90 Å². The highest BCUT2D eigenvalue weighted by atomic mass is 32.2. The fourth-order valence-electron chi connectivity index (χ4n) is 3.55. The molecule has 9 heteroatoms. The normalized spacial score (nSPS) is 10.9. The summed E-state index contributed by atoms with van der Waals surface area (Å²) in [7, 11) is 1.55. The average Bonchev–Trinajstić information content (AvgIpc) is 2.98. The lowest BCUT2D eigenvalue weighted by Crippen LogP contribution is -2.30. The largest absolute Gasteiger partial charge is 0.497 e. The Hall–Kier alpha value is -4.89. The zero-order valence-electron chi connectivity index (χ0n) is 21.5. The molecule has 0 saturated heterocycles. The van der Waals surface area contributed by atoms with Crippen LogP contribution in [0.1, 0.15) is 15.9 Å². The third-order valence-electron chi connectivity index (χ3n) is 5.54. The molecule has 3 amide bonds. The van der Waals surface area contributed by atoms with E-state index >= 15 is 0 Å². The third kappa shape index (κ3) is 8.31. The van der Waals surface area contributed by atoms with Crippen LogP contribution in [0.5, 0.6) is 5.75 Å². The summed E-state index contributed by atoms with van der Waals surface area (Å²) in [6.07, 6.45) is 1.57. The zero-order valence-corrected chi connectivity index (χ0v) is 22.3. The first-order valence-electron chi connectivity index (χ1n) is 12.2. The highest BCUT2D eigenvalue weighted by Gasteiger charge is 2.15. The van der Waals surface area contributed by atoms with Gasteiger partial charge < -0.3 is 20.7 Å². The summed E-state index contributed by atoms with van der Waals surface area (Å²) < 4.78 is 18.3. The fraction of sp³-hybridized carbons (Fsp3) is 0.0645. The lowest BCUT2D eigenvalue weighted by Gasteiger charge is -2.12. The lowest BCUT2D eigenvalue weighted by molar-refractivity contribution is -0.114. The molecule has 0 bridgehead atoms. The van der Waals surface area contributed by atoms with Crippen LogP contribution in [0.4, 0.5) is 15.8 Å². The van der Waals surface area contributed by atoms with Crippen molar-refractivity contribution in [1.82, 2.24) is 5.32 Å². The lowest BCUT2D eigenvalue weighted by atomic mass is 10.1. The molecule has 4 aromatic rings. The Bertz CT molecular complexity index is 1510. The molecule has 4 aromatic carbocycles. The van der Waals surface area contributed by atoms with E-state index in [9.17, 15) is 18.8 Å². The molecule has 0 aromatic heterocycles. The molecule has 7 nitrogen and oxygen atoms in total. The molecular weight excluding hydrogens is 529 g/mol. The van der Waals surface area contributed by atoms with Gasteiger partial charge in [0, 0.05) is 21.8 Å². The van der Waals surface area contributed by atoms with Gasteiger partial charge in [0.15, 0.2) is 0 Å². The number of amides is 3. The second-order valence-corrected chi connectivity index (χ2v) is 9.53. The van der Waals surface area contributed by atoms with Crippen molar-refractivity contribution in [2.24, 2.45) is 0 Å². The zero-order chi connectivity index (χ0) is 28.3. The minimum atomic E-state index is -0.508. The van der Waals surface area contributed by atoms with E-state index in [0.717, 1.165) is 4.90 Å². The quantitative estimate of drug-likeness (QED) is 0.165. The number of hydrogen-bond acceptors (Lipinski definition) is 5. The number of hydrogen-bond donors (Lipinski definition) is 3. The predicted octanol–water partition coefficient (Wildman–Crippen LogP) is 5.97. The molecule has 3 N–H and O–H groups in total. The molecule has 202 valence electrons. The molecule has 0 atom stereocenters. The van der Waals surface area contributed by atoms with Crippen molar-refractivity contribution in [3.05, 3.63) is 126 Å². The van der Waals surface area contributed by atoms with E-state index < -0.39 is 11.8 Å². The maximum Gasteiger partial charge on any atom is 0.272 e. The van der Waals surface area contributed by atoms with Crippen LogP contribution in [0.15, 0.2) is 114 Å². The molecule has 0 heterocycles. The molecule has 0 saturated carbocycles. The monoisotopic (exact) mass is 555 g/mol. The molecule has 40 heavy (non-hydrogen) atoms. The van der Waals surface area contributed by atoms with Crippen molar-refractivity contribution in [3.8, 4) is 5.75 Å². The SMILES string of the molecule is COc1cccc(/C=C(\NC(=O)c2ccccc2)C(=O)Nc2ccc(SCC(=O)Nc3ccc(F)cc3)cc2)c1. The van der Waals surface area contributed by atoms with Gasteiger partial charge in [-0.25, -0.2) is 4.39 Å². The van der Waals surface area contributed by atoms with Crippen LogP contribution in [0.2, 0.25) is 0 Å². The molecule has 0 spiro atoms. The van der Waals surface area contributed by atoms with Crippen LogP contribution in [0.25, 0.3) is 6.08 Å². The van der Waals surface area contributed by atoms with Gasteiger partial charge in [0.1, 0.15) is 17.3 Å².